The summed E-state index contributed by atoms with van der Waals surface area (Å²) in [4.78, 5) is 8.03. The smallest absolute Gasteiger partial charge is 0.137 e. The van der Waals surface area contributed by atoms with E-state index >= 15 is 0 Å². The topological polar surface area (TPSA) is 55.6 Å². The molecular formula is C9H11N5. The molecule has 5 heteroatoms. The number of rotatable bonds is 3. The Morgan fingerprint density at radius 3 is 3.00 bits per heavy atom. The molecule has 0 saturated carbocycles. The van der Waals surface area contributed by atoms with Crippen molar-refractivity contribution in [2.75, 3.05) is 5.32 Å². The Balaban J connectivity index is 2.06. The minimum absolute atomic E-state index is 0.0485. The number of aromatic nitrogens is 4. The molecule has 0 aliphatic heterocycles. The van der Waals surface area contributed by atoms with E-state index in [1.807, 2.05) is 25.1 Å². The number of nitrogens with one attached hydrogen (secondary N) is 1. The van der Waals surface area contributed by atoms with Crippen molar-refractivity contribution < 1.29 is 0 Å². The standard InChI is InChI=1S/C9H11N5/c1-8(14-7-10-6-12-14)13-9-4-2-3-5-11-9/h2-8H,1H3,(H,11,13). The summed E-state index contributed by atoms with van der Waals surface area (Å²) in [5.74, 6) is 0.829. The van der Waals surface area contributed by atoms with Crippen LogP contribution in [0.2, 0.25) is 0 Å². The molecule has 0 fully saturated rings. The molecule has 1 N–H and O–H groups in total. The van der Waals surface area contributed by atoms with Crippen LogP contribution in [0.4, 0.5) is 5.82 Å². The van der Waals surface area contributed by atoms with Crippen LogP contribution in [0.1, 0.15) is 13.1 Å². The fourth-order valence-corrected chi connectivity index (χ4v) is 1.15. The van der Waals surface area contributed by atoms with E-state index in [2.05, 4.69) is 20.4 Å². The predicted molar refractivity (Wildman–Crippen MR) is 52.6 cm³/mol. The van der Waals surface area contributed by atoms with Gasteiger partial charge in [0, 0.05) is 6.20 Å². The number of anilines is 1. The summed E-state index contributed by atoms with van der Waals surface area (Å²) in [7, 11) is 0. The Bertz CT molecular complexity index is 369. The van der Waals surface area contributed by atoms with Gasteiger partial charge in [-0.15, -0.1) is 0 Å². The quantitative estimate of drug-likeness (QED) is 0.790. The van der Waals surface area contributed by atoms with E-state index in [0.717, 1.165) is 5.82 Å². The Morgan fingerprint density at radius 1 is 1.43 bits per heavy atom. The number of nitrogens with zero attached hydrogens (tertiary/aromatic N) is 4. The Labute approximate surface area is 81.8 Å². The molecule has 2 heterocycles. The molecule has 72 valence electrons. The summed E-state index contributed by atoms with van der Waals surface area (Å²) in [6, 6.07) is 5.72. The fraction of sp³-hybridized carbons (Fsp3) is 0.222. The number of hydrogen-bond acceptors (Lipinski definition) is 4. The van der Waals surface area contributed by atoms with Crippen molar-refractivity contribution in [2.45, 2.75) is 13.1 Å². The lowest BCUT2D eigenvalue weighted by molar-refractivity contribution is 0.542. The Morgan fingerprint density at radius 2 is 2.36 bits per heavy atom. The number of hydrogen-bond donors (Lipinski definition) is 1. The third kappa shape index (κ3) is 1.87. The summed E-state index contributed by atoms with van der Waals surface area (Å²) in [5, 5.41) is 7.22. The van der Waals surface area contributed by atoms with Crippen LogP contribution in [0.25, 0.3) is 0 Å². The van der Waals surface area contributed by atoms with Crippen molar-refractivity contribution in [2.24, 2.45) is 0 Å². The van der Waals surface area contributed by atoms with Gasteiger partial charge in [-0.25, -0.2) is 14.6 Å². The first-order valence-electron chi connectivity index (χ1n) is 4.38. The number of pyridine rings is 1. The monoisotopic (exact) mass is 189 g/mol. The summed E-state index contributed by atoms with van der Waals surface area (Å²) in [5.41, 5.74) is 0. The van der Waals surface area contributed by atoms with Crippen molar-refractivity contribution in [3.63, 3.8) is 0 Å². The summed E-state index contributed by atoms with van der Waals surface area (Å²) in [6.07, 6.45) is 4.97. The minimum atomic E-state index is 0.0485. The third-order valence-electron chi connectivity index (χ3n) is 1.86. The van der Waals surface area contributed by atoms with Crippen LogP contribution in [-0.4, -0.2) is 19.7 Å². The second-order valence-corrected chi connectivity index (χ2v) is 2.91. The van der Waals surface area contributed by atoms with Gasteiger partial charge in [-0.1, -0.05) is 6.07 Å². The molecule has 0 aromatic carbocycles. The van der Waals surface area contributed by atoms with Crippen LogP contribution in [-0.2, 0) is 0 Å². The molecule has 5 nitrogen and oxygen atoms in total. The van der Waals surface area contributed by atoms with Crippen molar-refractivity contribution in [3.05, 3.63) is 37.1 Å². The van der Waals surface area contributed by atoms with Crippen LogP contribution in [0.5, 0.6) is 0 Å². The normalized spacial score (nSPS) is 12.4. The molecule has 0 amide bonds. The van der Waals surface area contributed by atoms with Gasteiger partial charge in [0.25, 0.3) is 0 Å². The first-order valence-corrected chi connectivity index (χ1v) is 4.38. The minimum Gasteiger partial charge on any atom is -0.349 e. The molecule has 0 bridgehead atoms. The highest BCUT2D eigenvalue weighted by atomic mass is 15.4. The van der Waals surface area contributed by atoms with Crippen LogP contribution < -0.4 is 5.32 Å². The van der Waals surface area contributed by atoms with Crippen molar-refractivity contribution in [1.82, 2.24) is 19.7 Å². The summed E-state index contributed by atoms with van der Waals surface area (Å²) < 4.78 is 1.73. The van der Waals surface area contributed by atoms with Crippen LogP contribution in [0.15, 0.2) is 37.1 Å². The molecule has 2 rings (SSSR count). The van der Waals surface area contributed by atoms with Gasteiger partial charge in [0.05, 0.1) is 0 Å². The molecule has 1 unspecified atom stereocenters. The molecule has 1 atom stereocenters. The molecule has 0 saturated heterocycles. The molecular weight excluding hydrogens is 178 g/mol. The largest absolute Gasteiger partial charge is 0.349 e. The average molecular weight is 189 g/mol. The van der Waals surface area contributed by atoms with Gasteiger partial charge in [-0.2, -0.15) is 5.10 Å². The molecule has 0 aliphatic carbocycles. The van der Waals surface area contributed by atoms with Gasteiger partial charge >= 0.3 is 0 Å². The van der Waals surface area contributed by atoms with Crippen LogP contribution in [0, 0.1) is 0 Å². The fourth-order valence-electron chi connectivity index (χ4n) is 1.15. The summed E-state index contributed by atoms with van der Waals surface area (Å²) >= 11 is 0. The average Bonchev–Trinajstić information content (AvgIpc) is 2.72. The Kier molecular flexibility index (Phi) is 2.40. The lowest BCUT2D eigenvalue weighted by atomic mass is 10.4. The Hall–Kier alpha value is -1.91. The highest BCUT2D eigenvalue weighted by molar-refractivity contribution is 5.33. The van der Waals surface area contributed by atoms with Gasteiger partial charge in [0.15, 0.2) is 0 Å². The van der Waals surface area contributed by atoms with Crippen LogP contribution >= 0.6 is 0 Å². The van der Waals surface area contributed by atoms with Crippen LogP contribution in [0.3, 0.4) is 0 Å². The van der Waals surface area contributed by atoms with Gasteiger partial charge in [0.2, 0.25) is 0 Å². The van der Waals surface area contributed by atoms with Crippen molar-refractivity contribution in [3.8, 4) is 0 Å². The van der Waals surface area contributed by atoms with Crippen molar-refractivity contribution in [1.29, 1.82) is 0 Å². The second kappa shape index (κ2) is 3.87. The predicted octanol–water partition coefficient (Wildman–Crippen LogP) is 1.30. The van der Waals surface area contributed by atoms with E-state index in [4.69, 9.17) is 0 Å². The molecule has 0 spiro atoms. The zero-order valence-corrected chi connectivity index (χ0v) is 7.83. The van der Waals surface area contributed by atoms with Crippen molar-refractivity contribution >= 4 is 5.82 Å². The highest BCUT2D eigenvalue weighted by Crippen LogP contribution is 2.08. The zero-order chi connectivity index (χ0) is 9.80. The zero-order valence-electron chi connectivity index (χ0n) is 7.83. The van der Waals surface area contributed by atoms with Gasteiger partial charge < -0.3 is 5.32 Å². The van der Waals surface area contributed by atoms with Gasteiger partial charge in [0.1, 0.15) is 24.6 Å². The molecule has 0 aliphatic rings. The highest BCUT2D eigenvalue weighted by Gasteiger charge is 2.03. The maximum atomic E-state index is 4.16. The molecule has 2 aromatic heterocycles. The lowest BCUT2D eigenvalue weighted by Crippen LogP contribution is -2.15. The molecule has 0 radical (unpaired) electrons. The first-order chi connectivity index (χ1) is 6.86. The van der Waals surface area contributed by atoms with E-state index in [-0.39, 0.29) is 6.17 Å². The van der Waals surface area contributed by atoms with E-state index in [1.54, 1.807) is 17.2 Å². The van der Waals surface area contributed by atoms with E-state index in [9.17, 15) is 0 Å². The molecule has 14 heavy (non-hydrogen) atoms. The summed E-state index contributed by atoms with van der Waals surface area (Å²) in [6.45, 7) is 1.99. The first kappa shape index (κ1) is 8.68. The lowest BCUT2D eigenvalue weighted by Gasteiger charge is -2.13. The third-order valence-corrected chi connectivity index (χ3v) is 1.86. The SMILES string of the molecule is CC(Nc1ccccn1)n1cncn1. The van der Waals surface area contributed by atoms with E-state index in [0.29, 0.717) is 0 Å². The van der Waals surface area contributed by atoms with E-state index in [1.165, 1.54) is 6.33 Å². The maximum absolute atomic E-state index is 4.16. The molecule has 2 aromatic rings. The second-order valence-electron chi connectivity index (χ2n) is 2.91. The van der Waals surface area contributed by atoms with Gasteiger partial charge in [-0.3, -0.25) is 0 Å². The van der Waals surface area contributed by atoms with E-state index < -0.39 is 0 Å². The maximum Gasteiger partial charge on any atom is 0.137 e. The van der Waals surface area contributed by atoms with Gasteiger partial charge in [-0.05, 0) is 19.1 Å².